The van der Waals surface area contributed by atoms with E-state index in [2.05, 4.69) is 19.2 Å². The molecule has 0 saturated heterocycles. The van der Waals surface area contributed by atoms with E-state index in [0.29, 0.717) is 5.92 Å². The van der Waals surface area contributed by atoms with Crippen molar-refractivity contribution in [2.75, 3.05) is 0 Å². The van der Waals surface area contributed by atoms with E-state index in [1.165, 1.54) is 0 Å². The van der Waals surface area contributed by atoms with Crippen LogP contribution in [0, 0.1) is 11.8 Å². The van der Waals surface area contributed by atoms with Crippen molar-refractivity contribution in [3.8, 4) is 0 Å². The molecule has 0 aromatic heterocycles. The number of carbonyl (C=O) groups excluding carboxylic acids is 1. The second kappa shape index (κ2) is 3.57. The van der Waals surface area contributed by atoms with Gasteiger partial charge in [0.1, 0.15) is 0 Å². The lowest BCUT2D eigenvalue weighted by Gasteiger charge is -2.12. The van der Waals surface area contributed by atoms with Crippen molar-refractivity contribution in [1.29, 1.82) is 0 Å². The van der Waals surface area contributed by atoms with Crippen molar-refractivity contribution < 1.29 is 4.79 Å². The Kier molecular flexibility index (Phi) is 2.69. The molecule has 0 aliphatic carbocycles. The van der Waals surface area contributed by atoms with Gasteiger partial charge in [-0.05, 0) is 12.0 Å². The van der Waals surface area contributed by atoms with Crippen LogP contribution in [0.4, 0.5) is 0 Å². The number of allylic oxidation sites excluding steroid dienone is 3. The maximum Gasteiger partial charge on any atom is 0.230 e. The van der Waals surface area contributed by atoms with Crippen molar-refractivity contribution in [2.24, 2.45) is 11.8 Å². The van der Waals surface area contributed by atoms with Crippen LogP contribution in [0.1, 0.15) is 20.8 Å². The molecule has 1 amide bonds. The van der Waals surface area contributed by atoms with Gasteiger partial charge in [-0.15, -0.1) is 0 Å². The van der Waals surface area contributed by atoms with Gasteiger partial charge in [-0.1, -0.05) is 32.9 Å². The Morgan fingerprint density at radius 3 is 2.75 bits per heavy atom. The molecule has 2 heteroatoms. The number of nitrogens with one attached hydrogen (secondary N) is 1. The Hall–Kier alpha value is -1.05. The van der Waals surface area contributed by atoms with E-state index >= 15 is 0 Å². The van der Waals surface area contributed by atoms with Crippen LogP contribution in [0.5, 0.6) is 0 Å². The number of carbonyl (C=O) groups is 1. The van der Waals surface area contributed by atoms with Crippen LogP contribution in [-0.2, 0) is 4.79 Å². The van der Waals surface area contributed by atoms with E-state index < -0.39 is 0 Å². The van der Waals surface area contributed by atoms with E-state index in [1.54, 1.807) is 0 Å². The Morgan fingerprint density at radius 2 is 2.17 bits per heavy atom. The molecule has 2 nitrogen and oxygen atoms in total. The highest BCUT2D eigenvalue weighted by Crippen LogP contribution is 2.11. The van der Waals surface area contributed by atoms with E-state index in [9.17, 15) is 4.79 Å². The molecule has 0 aromatic carbocycles. The molecule has 0 radical (unpaired) electrons. The Bertz CT molecular complexity index is 238. The second-order valence-electron chi connectivity index (χ2n) is 3.44. The molecule has 0 bridgehead atoms. The fourth-order valence-corrected chi connectivity index (χ4v) is 1.05. The first-order valence-electron chi connectivity index (χ1n) is 4.30. The third-order valence-corrected chi connectivity index (χ3v) is 1.98. The lowest BCUT2D eigenvalue weighted by molar-refractivity contribution is -0.122. The van der Waals surface area contributed by atoms with Crippen LogP contribution in [0.3, 0.4) is 0 Å². The summed E-state index contributed by atoms with van der Waals surface area (Å²) in [6.45, 7) is 6.02. The van der Waals surface area contributed by atoms with Gasteiger partial charge in [0, 0.05) is 5.70 Å². The molecule has 1 unspecified atom stereocenters. The van der Waals surface area contributed by atoms with Gasteiger partial charge in [-0.25, -0.2) is 0 Å². The summed E-state index contributed by atoms with van der Waals surface area (Å²) in [4.78, 5) is 11.3. The maximum absolute atomic E-state index is 11.3. The van der Waals surface area contributed by atoms with Crippen LogP contribution < -0.4 is 5.32 Å². The Labute approximate surface area is 73.4 Å². The first-order chi connectivity index (χ1) is 5.61. The minimum Gasteiger partial charge on any atom is -0.329 e. The Balaban J connectivity index is 2.77. The normalized spacial score (nSPS) is 23.5. The van der Waals surface area contributed by atoms with Gasteiger partial charge >= 0.3 is 0 Å². The van der Waals surface area contributed by atoms with Crippen LogP contribution in [0.25, 0.3) is 0 Å². The summed E-state index contributed by atoms with van der Waals surface area (Å²) in [6.07, 6.45) is 5.81. The first kappa shape index (κ1) is 9.04. The molecule has 66 valence electrons. The molecule has 0 fully saturated rings. The van der Waals surface area contributed by atoms with Crippen LogP contribution in [0.2, 0.25) is 0 Å². The van der Waals surface area contributed by atoms with Gasteiger partial charge < -0.3 is 5.32 Å². The summed E-state index contributed by atoms with van der Waals surface area (Å²) in [7, 11) is 0. The predicted octanol–water partition coefficient (Wildman–Crippen LogP) is 1.85. The van der Waals surface area contributed by atoms with E-state index in [4.69, 9.17) is 0 Å². The topological polar surface area (TPSA) is 29.1 Å². The predicted molar refractivity (Wildman–Crippen MR) is 49.4 cm³/mol. The van der Waals surface area contributed by atoms with E-state index in [1.807, 2.05) is 25.2 Å². The average molecular weight is 165 g/mol. The minimum atomic E-state index is -0.0162. The zero-order chi connectivity index (χ0) is 9.14. The molecule has 1 N–H and O–H groups in total. The molecule has 0 saturated carbocycles. The van der Waals surface area contributed by atoms with Crippen molar-refractivity contribution in [3.05, 3.63) is 23.9 Å². The molecule has 12 heavy (non-hydrogen) atoms. The zero-order valence-electron chi connectivity index (χ0n) is 7.79. The molecular weight excluding hydrogens is 150 g/mol. The molecule has 0 aromatic rings. The summed E-state index contributed by atoms with van der Waals surface area (Å²) >= 11 is 0. The number of hydrogen-bond acceptors (Lipinski definition) is 1. The van der Waals surface area contributed by atoms with Gasteiger partial charge in [0.25, 0.3) is 0 Å². The van der Waals surface area contributed by atoms with Crippen LogP contribution in [-0.4, -0.2) is 5.91 Å². The molecule has 1 heterocycles. The van der Waals surface area contributed by atoms with Crippen LogP contribution >= 0.6 is 0 Å². The lowest BCUT2D eigenvalue weighted by atomic mass is 10.1. The van der Waals surface area contributed by atoms with Gasteiger partial charge in [-0.2, -0.15) is 0 Å². The number of hydrogen-bond donors (Lipinski definition) is 1. The largest absolute Gasteiger partial charge is 0.329 e. The van der Waals surface area contributed by atoms with Gasteiger partial charge in [0.15, 0.2) is 0 Å². The SMILES string of the molecule is CC(C)C1=CC=CC(C)C(=O)N1. The standard InChI is InChI=1S/C10H15NO/c1-7(2)9-6-4-5-8(3)10(12)11-9/h4-8H,1-3H3,(H,11,12). The second-order valence-corrected chi connectivity index (χ2v) is 3.44. The number of rotatable bonds is 1. The zero-order valence-corrected chi connectivity index (χ0v) is 7.79. The summed E-state index contributed by atoms with van der Waals surface area (Å²) < 4.78 is 0. The summed E-state index contributed by atoms with van der Waals surface area (Å²) in [5.41, 5.74) is 1.00. The molecule has 1 aliphatic heterocycles. The molecule has 1 atom stereocenters. The van der Waals surface area contributed by atoms with Crippen molar-refractivity contribution in [1.82, 2.24) is 5.32 Å². The van der Waals surface area contributed by atoms with E-state index in [0.717, 1.165) is 5.70 Å². The third kappa shape index (κ3) is 1.97. The van der Waals surface area contributed by atoms with E-state index in [-0.39, 0.29) is 11.8 Å². The van der Waals surface area contributed by atoms with Crippen molar-refractivity contribution in [2.45, 2.75) is 20.8 Å². The highest BCUT2D eigenvalue weighted by molar-refractivity contribution is 5.82. The van der Waals surface area contributed by atoms with Crippen LogP contribution in [0.15, 0.2) is 23.9 Å². The first-order valence-corrected chi connectivity index (χ1v) is 4.30. The summed E-state index contributed by atoms with van der Waals surface area (Å²) in [5.74, 6) is 0.449. The number of amides is 1. The Morgan fingerprint density at radius 1 is 1.50 bits per heavy atom. The van der Waals surface area contributed by atoms with Gasteiger partial charge in [-0.3, -0.25) is 4.79 Å². The average Bonchev–Trinajstić information content (AvgIpc) is 2.15. The summed E-state index contributed by atoms with van der Waals surface area (Å²) in [5, 5.41) is 2.89. The van der Waals surface area contributed by atoms with Crippen molar-refractivity contribution in [3.63, 3.8) is 0 Å². The molecule has 1 rings (SSSR count). The quantitative estimate of drug-likeness (QED) is 0.631. The summed E-state index contributed by atoms with van der Waals surface area (Å²) in [6, 6.07) is 0. The molecule has 1 aliphatic rings. The fourth-order valence-electron chi connectivity index (χ4n) is 1.05. The molecular formula is C10H15NO. The van der Waals surface area contributed by atoms with Crippen molar-refractivity contribution >= 4 is 5.91 Å². The smallest absolute Gasteiger partial charge is 0.230 e. The van der Waals surface area contributed by atoms with Gasteiger partial charge in [0.2, 0.25) is 5.91 Å². The highest BCUT2D eigenvalue weighted by atomic mass is 16.1. The minimum absolute atomic E-state index is 0.0162. The fraction of sp³-hybridized carbons (Fsp3) is 0.500. The third-order valence-electron chi connectivity index (χ3n) is 1.98. The highest BCUT2D eigenvalue weighted by Gasteiger charge is 2.14. The maximum atomic E-state index is 11.3. The van der Waals surface area contributed by atoms with Gasteiger partial charge in [0.05, 0.1) is 5.92 Å². The monoisotopic (exact) mass is 165 g/mol. The molecule has 0 spiro atoms. The lowest BCUT2D eigenvalue weighted by Crippen LogP contribution is -2.28.